The van der Waals surface area contributed by atoms with E-state index in [0.717, 1.165) is 0 Å². The van der Waals surface area contributed by atoms with Crippen molar-refractivity contribution in [2.24, 2.45) is 5.73 Å². The van der Waals surface area contributed by atoms with E-state index in [1.54, 1.807) is 0 Å². The third kappa shape index (κ3) is 4.25. The lowest BCUT2D eigenvalue weighted by Gasteiger charge is -2.23. The van der Waals surface area contributed by atoms with E-state index >= 15 is 0 Å². The predicted octanol–water partition coefficient (Wildman–Crippen LogP) is 4.36. The Morgan fingerprint density at radius 2 is 1.88 bits per heavy atom. The summed E-state index contributed by atoms with van der Waals surface area (Å²) < 4.78 is 38.1. The summed E-state index contributed by atoms with van der Waals surface area (Å²) in [6.07, 6.45) is -4.38. The maximum atomic E-state index is 12.7. The smallest absolute Gasteiger partial charge is 0.327 e. The molecule has 1 nitrogen and oxygen atoms in total. The fraction of sp³-hybridized carbons (Fsp3) is 0.400. The molecule has 2 unspecified atom stereocenters. The first-order valence-corrected chi connectivity index (χ1v) is 6.29. The summed E-state index contributed by atoms with van der Waals surface area (Å²) in [4.78, 5) is 0.277. The highest BCUT2D eigenvalue weighted by Crippen LogP contribution is 2.40. The zero-order valence-corrected chi connectivity index (χ0v) is 11.1. The lowest BCUT2D eigenvalue weighted by Crippen LogP contribution is -2.40. The van der Waals surface area contributed by atoms with Crippen molar-refractivity contribution in [2.75, 3.05) is 0 Å². The molecule has 0 saturated heterocycles. The van der Waals surface area contributed by atoms with Crippen LogP contribution in [0.2, 0.25) is 10.0 Å². The molecule has 17 heavy (non-hydrogen) atoms. The van der Waals surface area contributed by atoms with Crippen LogP contribution in [-0.4, -0.2) is 17.5 Å². The molecule has 0 fully saturated rings. The van der Waals surface area contributed by atoms with Crippen LogP contribution in [0.3, 0.4) is 0 Å². The summed E-state index contributed by atoms with van der Waals surface area (Å²) in [5.74, 6) is 0. The Bertz CT molecular complexity index is 396. The van der Waals surface area contributed by atoms with Crippen molar-refractivity contribution in [3.05, 3.63) is 28.2 Å². The van der Waals surface area contributed by atoms with Crippen LogP contribution < -0.4 is 5.73 Å². The third-order valence-electron chi connectivity index (χ3n) is 1.95. The first-order valence-electron chi connectivity index (χ1n) is 4.66. The molecule has 0 amide bonds. The maximum Gasteiger partial charge on any atom is 0.402 e. The van der Waals surface area contributed by atoms with Crippen molar-refractivity contribution < 1.29 is 13.2 Å². The Morgan fingerprint density at radius 1 is 1.29 bits per heavy atom. The van der Waals surface area contributed by atoms with Gasteiger partial charge >= 0.3 is 6.18 Å². The molecular weight excluding hydrogens is 294 g/mol. The second-order valence-corrected chi connectivity index (χ2v) is 5.54. The van der Waals surface area contributed by atoms with Crippen LogP contribution in [0.1, 0.15) is 6.92 Å². The molecule has 2 atom stereocenters. The minimum Gasteiger partial charge on any atom is -0.327 e. The van der Waals surface area contributed by atoms with Gasteiger partial charge in [0.15, 0.2) is 0 Å². The molecule has 0 bridgehead atoms. The van der Waals surface area contributed by atoms with Gasteiger partial charge < -0.3 is 5.73 Å². The highest BCUT2D eigenvalue weighted by atomic mass is 35.5. The van der Waals surface area contributed by atoms with Crippen LogP contribution in [0.4, 0.5) is 13.2 Å². The topological polar surface area (TPSA) is 26.0 Å². The highest BCUT2D eigenvalue weighted by Gasteiger charge is 2.43. The van der Waals surface area contributed by atoms with Gasteiger partial charge in [-0.05, 0) is 25.1 Å². The van der Waals surface area contributed by atoms with Gasteiger partial charge in [-0.25, -0.2) is 0 Å². The van der Waals surface area contributed by atoms with Crippen molar-refractivity contribution in [1.82, 2.24) is 0 Å². The molecule has 0 spiro atoms. The normalized spacial score (nSPS) is 15.7. The first-order chi connectivity index (χ1) is 7.71. The molecule has 0 aliphatic carbocycles. The Morgan fingerprint density at radius 3 is 2.35 bits per heavy atom. The van der Waals surface area contributed by atoms with Gasteiger partial charge in [-0.1, -0.05) is 23.2 Å². The minimum absolute atomic E-state index is 0.231. The third-order valence-corrected chi connectivity index (χ3v) is 4.17. The van der Waals surface area contributed by atoms with Crippen LogP contribution in [0.25, 0.3) is 0 Å². The molecule has 1 aromatic rings. The molecule has 0 radical (unpaired) electrons. The first kappa shape index (κ1) is 15.0. The Labute approximate surface area is 111 Å². The average molecular weight is 304 g/mol. The summed E-state index contributed by atoms with van der Waals surface area (Å²) >= 11 is 12.1. The summed E-state index contributed by atoms with van der Waals surface area (Å²) in [6.45, 7) is 1.31. The average Bonchev–Trinajstić information content (AvgIpc) is 2.17. The van der Waals surface area contributed by atoms with Crippen LogP contribution in [-0.2, 0) is 0 Å². The monoisotopic (exact) mass is 303 g/mol. The van der Waals surface area contributed by atoms with Crippen LogP contribution in [0.5, 0.6) is 0 Å². The standard InChI is InChI=1S/C10H10Cl2F3NS/c1-5(16)9(10(13,14)15)17-8-4-6(11)2-3-7(8)12/h2-5,9H,16H2,1H3. The predicted molar refractivity (Wildman–Crippen MR) is 65.8 cm³/mol. The Kier molecular flexibility index (Phi) is 5.01. The van der Waals surface area contributed by atoms with E-state index < -0.39 is 17.5 Å². The van der Waals surface area contributed by atoms with E-state index in [0.29, 0.717) is 16.8 Å². The van der Waals surface area contributed by atoms with Crippen molar-refractivity contribution in [1.29, 1.82) is 0 Å². The quantitative estimate of drug-likeness (QED) is 0.839. The second-order valence-electron chi connectivity index (χ2n) is 3.51. The summed E-state index contributed by atoms with van der Waals surface area (Å²) in [5.41, 5.74) is 5.34. The van der Waals surface area contributed by atoms with E-state index in [4.69, 9.17) is 28.9 Å². The molecule has 96 valence electrons. The molecule has 1 rings (SSSR count). The fourth-order valence-electron chi connectivity index (χ4n) is 1.18. The van der Waals surface area contributed by atoms with Gasteiger partial charge in [0.05, 0.1) is 5.02 Å². The highest BCUT2D eigenvalue weighted by molar-refractivity contribution is 8.00. The van der Waals surface area contributed by atoms with Gasteiger partial charge in [-0.15, -0.1) is 11.8 Å². The van der Waals surface area contributed by atoms with E-state index in [1.807, 2.05) is 0 Å². The van der Waals surface area contributed by atoms with E-state index in [9.17, 15) is 13.2 Å². The molecule has 0 aliphatic heterocycles. The lowest BCUT2D eigenvalue weighted by molar-refractivity contribution is -0.131. The van der Waals surface area contributed by atoms with E-state index in [2.05, 4.69) is 0 Å². The molecule has 2 N–H and O–H groups in total. The van der Waals surface area contributed by atoms with Gasteiger partial charge in [0.1, 0.15) is 5.25 Å². The summed E-state index contributed by atoms with van der Waals surface area (Å²) in [7, 11) is 0. The number of nitrogens with two attached hydrogens (primary N) is 1. The van der Waals surface area contributed by atoms with Gasteiger partial charge in [0.2, 0.25) is 0 Å². The SMILES string of the molecule is CC(N)C(Sc1cc(Cl)ccc1Cl)C(F)(F)F. The van der Waals surface area contributed by atoms with Crippen LogP contribution >= 0.6 is 35.0 Å². The van der Waals surface area contributed by atoms with Crippen molar-refractivity contribution in [3.8, 4) is 0 Å². The summed E-state index contributed by atoms with van der Waals surface area (Å²) in [5, 5.41) is -1.14. The molecule has 0 heterocycles. The van der Waals surface area contributed by atoms with Crippen molar-refractivity contribution in [3.63, 3.8) is 0 Å². The van der Waals surface area contributed by atoms with Crippen molar-refractivity contribution in [2.45, 2.75) is 29.3 Å². The largest absolute Gasteiger partial charge is 0.402 e. The van der Waals surface area contributed by atoms with Gasteiger partial charge in [0.25, 0.3) is 0 Å². The molecule has 1 aromatic carbocycles. The van der Waals surface area contributed by atoms with Crippen LogP contribution in [0, 0.1) is 0 Å². The zero-order chi connectivity index (χ0) is 13.2. The van der Waals surface area contributed by atoms with E-state index in [-0.39, 0.29) is 9.92 Å². The molecule has 0 aliphatic rings. The minimum atomic E-state index is -4.38. The Balaban J connectivity index is 2.98. The van der Waals surface area contributed by atoms with Gasteiger partial charge in [-0.2, -0.15) is 13.2 Å². The maximum absolute atomic E-state index is 12.7. The molecule has 7 heteroatoms. The number of halogens is 5. The fourth-order valence-corrected chi connectivity index (χ4v) is 2.66. The van der Waals surface area contributed by atoms with Crippen molar-refractivity contribution >= 4 is 35.0 Å². The second kappa shape index (κ2) is 5.69. The lowest BCUT2D eigenvalue weighted by atomic mass is 10.2. The Hall–Kier alpha value is -0.100. The number of thioether (sulfide) groups is 1. The number of alkyl halides is 3. The molecule has 0 aromatic heterocycles. The van der Waals surface area contributed by atoms with Crippen LogP contribution in [0.15, 0.2) is 23.1 Å². The molecular formula is C10H10Cl2F3NS. The zero-order valence-electron chi connectivity index (χ0n) is 8.76. The van der Waals surface area contributed by atoms with Gasteiger partial charge in [-0.3, -0.25) is 0 Å². The number of rotatable bonds is 3. The van der Waals surface area contributed by atoms with E-state index in [1.165, 1.54) is 25.1 Å². The van der Waals surface area contributed by atoms with Gasteiger partial charge in [0, 0.05) is 16.0 Å². The number of benzene rings is 1. The summed E-state index contributed by atoms with van der Waals surface area (Å²) in [6, 6.07) is 3.34. The number of hydrogen-bond acceptors (Lipinski definition) is 2. The number of hydrogen-bond donors (Lipinski definition) is 1. The molecule has 0 saturated carbocycles.